The van der Waals surface area contributed by atoms with Crippen LogP contribution in [0.1, 0.15) is 22.3 Å². The van der Waals surface area contributed by atoms with Crippen molar-refractivity contribution in [3.63, 3.8) is 0 Å². The van der Waals surface area contributed by atoms with Gasteiger partial charge in [-0.25, -0.2) is 4.98 Å². The molecule has 3 heterocycles. The van der Waals surface area contributed by atoms with Crippen molar-refractivity contribution in [3.8, 4) is 17.4 Å². The third kappa shape index (κ3) is 3.19. The third-order valence-corrected chi connectivity index (χ3v) is 6.26. The number of nitrogens with zero attached hydrogens (tertiary/aromatic N) is 5. The normalized spacial score (nSPS) is 17.1. The van der Waals surface area contributed by atoms with Crippen molar-refractivity contribution in [1.82, 2.24) is 24.4 Å². The molecule has 1 N–H and O–H groups in total. The molecule has 9 heteroatoms. The maximum atomic E-state index is 11.0. The van der Waals surface area contributed by atoms with Gasteiger partial charge in [0.1, 0.15) is 5.82 Å². The second-order valence-corrected chi connectivity index (χ2v) is 7.98. The van der Waals surface area contributed by atoms with E-state index in [4.69, 9.17) is 9.47 Å². The summed E-state index contributed by atoms with van der Waals surface area (Å²) >= 11 is 1.46. The first kappa shape index (κ1) is 19.0. The van der Waals surface area contributed by atoms with Crippen LogP contribution in [0.4, 0.5) is 0 Å². The number of methoxy groups -OCH3 is 2. The van der Waals surface area contributed by atoms with Crippen LogP contribution in [0.15, 0.2) is 18.2 Å². The summed E-state index contributed by atoms with van der Waals surface area (Å²) in [5.74, 6) is 2.13. The van der Waals surface area contributed by atoms with Gasteiger partial charge in [-0.3, -0.25) is 4.90 Å². The lowest BCUT2D eigenvalue weighted by Gasteiger charge is -2.38. The van der Waals surface area contributed by atoms with Crippen LogP contribution in [0.2, 0.25) is 0 Å². The van der Waals surface area contributed by atoms with Gasteiger partial charge in [0.25, 0.3) is 0 Å². The maximum Gasteiger partial charge on any atom is 0.230 e. The molecular weight excluding hydrogens is 378 g/mol. The SMILES string of the molecule is COc1cccc([C@H](c2sc3nc(C)nn3c2O)N2CCN(C)CC2)c1OC. The van der Waals surface area contributed by atoms with E-state index in [-0.39, 0.29) is 11.9 Å². The molecule has 2 aromatic heterocycles. The van der Waals surface area contributed by atoms with Crippen molar-refractivity contribution in [1.29, 1.82) is 0 Å². The van der Waals surface area contributed by atoms with E-state index >= 15 is 0 Å². The predicted octanol–water partition coefficient (Wildman–Crippen LogP) is 2.16. The summed E-state index contributed by atoms with van der Waals surface area (Å²) in [6, 6.07) is 5.70. The Bertz CT molecular complexity index is 978. The van der Waals surface area contributed by atoms with Gasteiger partial charge in [-0.1, -0.05) is 23.5 Å². The Morgan fingerprint density at radius 3 is 2.54 bits per heavy atom. The fraction of sp³-hybridized carbons (Fsp3) is 0.474. The van der Waals surface area contributed by atoms with E-state index in [1.165, 1.54) is 15.9 Å². The molecule has 0 aliphatic carbocycles. The number of fused-ring (bicyclic) bond motifs is 1. The predicted molar refractivity (Wildman–Crippen MR) is 108 cm³/mol. The average molecular weight is 404 g/mol. The summed E-state index contributed by atoms with van der Waals surface area (Å²) in [6.07, 6.45) is 0. The number of piperazine rings is 1. The Labute approximate surface area is 167 Å². The lowest BCUT2D eigenvalue weighted by Crippen LogP contribution is -2.46. The number of aromatic hydroxyl groups is 1. The van der Waals surface area contributed by atoms with E-state index in [0.29, 0.717) is 22.3 Å². The number of benzene rings is 1. The number of hydrogen-bond acceptors (Lipinski definition) is 8. The second kappa shape index (κ2) is 7.57. The molecule has 1 saturated heterocycles. The van der Waals surface area contributed by atoms with Crippen LogP contribution in [-0.2, 0) is 0 Å². The van der Waals surface area contributed by atoms with E-state index in [2.05, 4.69) is 26.9 Å². The molecule has 1 aliphatic heterocycles. The Hall–Kier alpha value is -2.36. The molecule has 0 amide bonds. The van der Waals surface area contributed by atoms with E-state index in [9.17, 15) is 5.11 Å². The highest BCUT2D eigenvalue weighted by Gasteiger charge is 2.33. The van der Waals surface area contributed by atoms with Crippen LogP contribution < -0.4 is 9.47 Å². The first-order valence-electron chi connectivity index (χ1n) is 9.22. The first-order valence-corrected chi connectivity index (χ1v) is 10.0. The summed E-state index contributed by atoms with van der Waals surface area (Å²) in [5.41, 5.74) is 0.961. The Kier molecular flexibility index (Phi) is 5.13. The molecule has 1 fully saturated rings. The number of likely N-dealkylation sites (N-methyl/N-ethyl adjacent to an activating group) is 1. The van der Waals surface area contributed by atoms with Crippen molar-refractivity contribution in [2.45, 2.75) is 13.0 Å². The van der Waals surface area contributed by atoms with Gasteiger partial charge >= 0.3 is 0 Å². The first-order chi connectivity index (χ1) is 13.5. The Balaban J connectivity index is 1.87. The highest BCUT2D eigenvalue weighted by Crippen LogP contribution is 2.45. The molecular formula is C19H25N5O3S. The maximum absolute atomic E-state index is 11.0. The summed E-state index contributed by atoms with van der Waals surface area (Å²) in [7, 11) is 5.41. The van der Waals surface area contributed by atoms with Crippen LogP contribution in [0.5, 0.6) is 17.4 Å². The number of rotatable bonds is 5. The zero-order valence-electron chi connectivity index (χ0n) is 16.5. The van der Waals surface area contributed by atoms with Crippen molar-refractivity contribution in [2.75, 3.05) is 47.4 Å². The number of aromatic nitrogens is 3. The van der Waals surface area contributed by atoms with Crippen LogP contribution in [-0.4, -0.2) is 77.0 Å². The molecule has 0 spiro atoms. The largest absolute Gasteiger partial charge is 0.493 e. The molecule has 0 radical (unpaired) electrons. The minimum absolute atomic E-state index is 0.134. The zero-order chi connectivity index (χ0) is 19.8. The molecule has 0 unspecified atom stereocenters. The molecule has 150 valence electrons. The quantitative estimate of drug-likeness (QED) is 0.700. The van der Waals surface area contributed by atoms with E-state index in [1.807, 2.05) is 25.1 Å². The van der Waals surface area contributed by atoms with Crippen LogP contribution in [0, 0.1) is 6.92 Å². The number of ether oxygens (including phenoxy) is 2. The van der Waals surface area contributed by atoms with E-state index < -0.39 is 0 Å². The lowest BCUT2D eigenvalue weighted by atomic mass is 10.0. The third-order valence-electron chi connectivity index (χ3n) is 5.18. The number of aryl methyl sites for hydroxylation is 1. The summed E-state index contributed by atoms with van der Waals surface area (Å²) in [5, 5.41) is 15.3. The molecule has 1 aromatic carbocycles. The second-order valence-electron chi connectivity index (χ2n) is 6.97. The summed E-state index contributed by atoms with van der Waals surface area (Å²) in [4.78, 5) is 10.6. The fourth-order valence-electron chi connectivity index (χ4n) is 3.74. The summed E-state index contributed by atoms with van der Waals surface area (Å²) < 4.78 is 12.8. The molecule has 8 nitrogen and oxygen atoms in total. The Morgan fingerprint density at radius 1 is 1.14 bits per heavy atom. The van der Waals surface area contributed by atoms with Crippen molar-refractivity contribution in [2.24, 2.45) is 0 Å². The molecule has 4 rings (SSSR count). The van der Waals surface area contributed by atoms with Gasteiger partial charge in [0, 0.05) is 31.7 Å². The molecule has 0 saturated carbocycles. The van der Waals surface area contributed by atoms with Gasteiger partial charge in [0.15, 0.2) is 11.5 Å². The van der Waals surface area contributed by atoms with Crippen LogP contribution in [0.3, 0.4) is 0 Å². The van der Waals surface area contributed by atoms with Crippen LogP contribution in [0.25, 0.3) is 4.96 Å². The number of para-hydroxylation sites is 1. The van der Waals surface area contributed by atoms with Gasteiger partial charge in [-0.2, -0.15) is 4.52 Å². The lowest BCUT2D eigenvalue weighted by molar-refractivity contribution is 0.125. The van der Waals surface area contributed by atoms with E-state index in [0.717, 1.165) is 36.6 Å². The molecule has 28 heavy (non-hydrogen) atoms. The highest BCUT2D eigenvalue weighted by molar-refractivity contribution is 7.17. The van der Waals surface area contributed by atoms with Crippen LogP contribution >= 0.6 is 11.3 Å². The minimum Gasteiger partial charge on any atom is -0.493 e. The average Bonchev–Trinajstić information content (AvgIpc) is 3.20. The van der Waals surface area contributed by atoms with Crippen molar-refractivity contribution in [3.05, 3.63) is 34.5 Å². The smallest absolute Gasteiger partial charge is 0.230 e. The van der Waals surface area contributed by atoms with Gasteiger partial charge in [0.05, 0.1) is 25.1 Å². The van der Waals surface area contributed by atoms with Gasteiger partial charge < -0.3 is 19.5 Å². The van der Waals surface area contributed by atoms with Gasteiger partial charge in [0.2, 0.25) is 10.8 Å². The number of hydrogen-bond donors (Lipinski definition) is 1. The summed E-state index contributed by atoms with van der Waals surface area (Å²) in [6.45, 7) is 5.51. The highest BCUT2D eigenvalue weighted by atomic mass is 32.1. The fourth-order valence-corrected chi connectivity index (χ4v) is 4.89. The minimum atomic E-state index is -0.174. The van der Waals surface area contributed by atoms with E-state index in [1.54, 1.807) is 14.2 Å². The van der Waals surface area contributed by atoms with Crippen molar-refractivity contribution < 1.29 is 14.6 Å². The van der Waals surface area contributed by atoms with Gasteiger partial charge in [-0.15, -0.1) is 5.10 Å². The molecule has 1 aliphatic rings. The monoisotopic (exact) mass is 403 g/mol. The molecule has 0 bridgehead atoms. The zero-order valence-corrected chi connectivity index (χ0v) is 17.4. The van der Waals surface area contributed by atoms with Crippen molar-refractivity contribution >= 4 is 16.3 Å². The number of thiazole rings is 1. The van der Waals surface area contributed by atoms with Gasteiger partial charge in [-0.05, 0) is 20.0 Å². The molecule has 3 aromatic rings. The standard InChI is InChI=1S/C19H25N5O3S/c1-12-20-19-24(21-12)18(25)17(28-19)15(23-10-8-22(2)9-11-23)13-6-5-7-14(26-3)16(13)27-4/h5-7,15,25H,8-11H2,1-4H3/t15-/m1/s1. The molecule has 1 atom stereocenters. The topological polar surface area (TPSA) is 75.4 Å². The Morgan fingerprint density at radius 2 is 1.89 bits per heavy atom.